The SMILES string of the molecule is CN(C)[C@@H]1CCN(C(=O)c2ccc3cc[nH]c3c2)C[C@@H]1CO. The standard InChI is InChI=1S/C17H23N3O2/c1-19(2)16-6-8-20(10-14(16)11-21)17(22)13-4-3-12-5-7-18-15(12)9-13/h3-5,7,9,14,16,18,21H,6,8,10-11H2,1-2H3/t14-,16-/m1/s1. The number of piperidine rings is 1. The average molecular weight is 301 g/mol. The molecular weight excluding hydrogens is 278 g/mol. The fourth-order valence-corrected chi connectivity index (χ4v) is 3.43. The van der Waals surface area contributed by atoms with Crippen LogP contribution >= 0.6 is 0 Å². The van der Waals surface area contributed by atoms with Crippen molar-refractivity contribution in [3.8, 4) is 0 Å². The topological polar surface area (TPSA) is 59.6 Å². The van der Waals surface area contributed by atoms with Crippen LogP contribution in [0.4, 0.5) is 0 Å². The molecule has 118 valence electrons. The van der Waals surface area contributed by atoms with E-state index in [2.05, 4.69) is 9.88 Å². The Balaban J connectivity index is 1.77. The van der Waals surface area contributed by atoms with Crippen molar-refractivity contribution in [3.05, 3.63) is 36.0 Å². The van der Waals surface area contributed by atoms with Crippen LogP contribution in [0.5, 0.6) is 0 Å². The van der Waals surface area contributed by atoms with E-state index in [0.29, 0.717) is 18.2 Å². The number of hydrogen-bond donors (Lipinski definition) is 2. The number of aromatic nitrogens is 1. The lowest BCUT2D eigenvalue weighted by atomic mass is 9.91. The van der Waals surface area contributed by atoms with Gasteiger partial charge in [0.25, 0.3) is 5.91 Å². The highest BCUT2D eigenvalue weighted by molar-refractivity contribution is 5.98. The van der Waals surface area contributed by atoms with Crippen molar-refractivity contribution in [1.82, 2.24) is 14.8 Å². The molecule has 5 heteroatoms. The second-order valence-corrected chi connectivity index (χ2v) is 6.29. The smallest absolute Gasteiger partial charge is 0.253 e. The van der Waals surface area contributed by atoms with Gasteiger partial charge in [0.05, 0.1) is 0 Å². The molecule has 2 aromatic rings. The molecule has 5 nitrogen and oxygen atoms in total. The summed E-state index contributed by atoms with van der Waals surface area (Å²) < 4.78 is 0. The zero-order valence-electron chi connectivity index (χ0n) is 13.1. The van der Waals surface area contributed by atoms with Gasteiger partial charge in [0.2, 0.25) is 0 Å². The normalized spacial score (nSPS) is 22.5. The van der Waals surface area contributed by atoms with Crippen molar-refractivity contribution in [1.29, 1.82) is 0 Å². The molecule has 0 radical (unpaired) electrons. The first-order chi connectivity index (χ1) is 10.6. The molecule has 2 heterocycles. The predicted octanol–water partition coefficient (Wildman–Crippen LogP) is 1.55. The zero-order valence-corrected chi connectivity index (χ0v) is 13.1. The van der Waals surface area contributed by atoms with E-state index >= 15 is 0 Å². The summed E-state index contributed by atoms with van der Waals surface area (Å²) in [6.45, 7) is 1.46. The Hall–Kier alpha value is -1.85. The van der Waals surface area contributed by atoms with Gasteiger partial charge in [-0.25, -0.2) is 0 Å². The van der Waals surface area contributed by atoms with E-state index in [0.717, 1.165) is 23.9 Å². The van der Waals surface area contributed by atoms with Gasteiger partial charge in [-0.15, -0.1) is 0 Å². The number of rotatable bonds is 3. The van der Waals surface area contributed by atoms with Crippen LogP contribution < -0.4 is 0 Å². The molecule has 1 aliphatic heterocycles. The van der Waals surface area contributed by atoms with E-state index in [4.69, 9.17) is 0 Å². The van der Waals surface area contributed by atoms with Crippen LogP contribution in [0, 0.1) is 5.92 Å². The molecule has 1 fully saturated rings. The third-order valence-corrected chi connectivity index (χ3v) is 4.68. The van der Waals surface area contributed by atoms with Crippen LogP contribution in [0.1, 0.15) is 16.8 Å². The minimum atomic E-state index is 0.0483. The Morgan fingerprint density at radius 3 is 2.95 bits per heavy atom. The number of nitrogens with one attached hydrogen (secondary N) is 1. The molecular formula is C17H23N3O2. The quantitative estimate of drug-likeness (QED) is 0.904. The van der Waals surface area contributed by atoms with E-state index in [9.17, 15) is 9.90 Å². The van der Waals surface area contributed by atoms with Crippen LogP contribution in [-0.2, 0) is 0 Å². The van der Waals surface area contributed by atoms with Crippen molar-refractivity contribution in [3.63, 3.8) is 0 Å². The Bertz CT molecular complexity index is 665. The number of benzene rings is 1. The van der Waals surface area contributed by atoms with Gasteiger partial charge in [-0.2, -0.15) is 0 Å². The Kier molecular flexibility index (Phi) is 4.18. The second kappa shape index (κ2) is 6.10. The molecule has 2 atom stereocenters. The van der Waals surface area contributed by atoms with Crippen LogP contribution in [0.25, 0.3) is 10.9 Å². The number of H-pyrrole nitrogens is 1. The molecule has 0 saturated carbocycles. The van der Waals surface area contributed by atoms with Crippen molar-refractivity contribution in [2.24, 2.45) is 5.92 Å². The number of aliphatic hydroxyl groups excluding tert-OH is 1. The minimum absolute atomic E-state index is 0.0483. The van der Waals surface area contributed by atoms with Crippen molar-refractivity contribution < 1.29 is 9.90 Å². The molecule has 1 amide bonds. The minimum Gasteiger partial charge on any atom is -0.396 e. The molecule has 3 rings (SSSR count). The van der Waals surface area contributed by atoms with Gasteiger partial charge in [-0.3, -0.25) is 4.79 Å². The lowest BCUT2D eigenvalue weighted by molar-refractivity contribution is 0.0378. The Morgan fingerprint density at radius 2 is 2.23 bits per heavy atom. The Labute approximate surface area is 130 Å². The molecule has 1 saturated heterocycles. The fraction of sp³-hybridized carbons (Fsp3) is 0.471. The van der Waals surface area contributed by atoms with Gasteiger partial charge in [0, 0.05) is 48.9 Å². The van der Waals surface area contributed by atoms with Crippen molar-refractivity contribution in [2.75, 3.05) is 33.8 Å². The number of aliphatic hydroxyl groups is 1. The molecule has 2 N–H and O–H groups in total. The summed E-state index contributed by atoms with van der Waals surface area (Å²) in [7, 11) is 4.06. The number of amides is 1. The maximum Gasteiger partial charge on any atom is 0.253 e. The molecule has 1 aliphatic rings. The monoisotopic (exact) mass is 301 g/mol. The third-order valence-electron chi connectivity index (χ3n) is 4.68. The number of hydrogen-bond acceptors (Lipinski definition) is 3. The molecule has 1 aromatic heterocycles. The molecule has 1 aromatic carbocycles. The number of aromatic amines is 1. The summed E-state index contributed by atoms with van der Waals surface area (Å²) in [6, 6.07) is 8.08. The zero-order chi connectivity index (χ0) is 15.7. The van der Waals surface area contributed by atoms with Crippen molar-refractivity contribution >= 4 is 16.8 Å². The van der Waals surface area contributed by atoms with Gasteiger partial charge in [0.15, 0.2) is 0 Å². The number of carbonyl (C=O) groups is 1. The van der Waals surface area contributed by atoms with E-state index in [1.54, 1.807) is 0 Å². The molecule has 0 aliphatic carbocycles. The summed E-state index contributed by atoms with van der Waals surface area (Å²) in [4.78, 5) is 19.9. The molecule has 0 unspecified atom stereocenters. The first-order valence-corrected chi connectivity index (χ1v) is 7.74. The van der Waals surface area contributed by atoms with Crippen LogP contribution in [0.2, 0.25) is 0 Å². The number of nitrogens with zero attached hydrogens (tertiary/aromatic N) is 2. The highest BCUT2D eigenvalue weighted by atomic mass is 16.3. The largest absolute Gasteiger partial charge is 0.396 e. The van der Waals surface area contributed by atoms with E-state index in [-0.39, 0.29) is 18.4 Å². The van der Waals surface area contributed by atoms with Crippen molar-refractivity contribution in [2.45, 2.75) is 12.5 Å². The van der Waals surface area contributed by atoms with Crippen LogP contribution in [0.15, 0.2) is 30.5 Å². The fourth-order valence-electron chi connectivity index (χ4n) is 3.43. The van der Waals surface area contributed by atoms with Gasteiger partial charge < -0.3 is 19.9 Å². The highest BCUT2D eigenvalue weighted by Gasteiger charge is 2.32. The lowest BCUT2D eigenvalue weighted by Crippen LogP contribution is -2.51. The Morgan fingerprint density at radius 1 is 1.41 bits per heavy atom. The maximum absolute atomic E-state index is 12.7. The van der Waals surface area contributed by atoms with Crippen LogP contribution in [-0.4, -0.2) is 65.6 Å². The summed E-state index contributed by atoms with van der Waals surface area (Å²) in [6.07, 6.45) is 2.78. The number of carbonyl (C=O) groups excluding carboxylic acids is 1. The van der Waals surface area contributed by atoms with Gasteiger partial charge in [0.1, 0.15) is 0 Å². The molecule has 22 heavy (non-hydrogen) atoms. The predicted molar refractivity (Wildman–Crippen MR) is 86.9 cm³/mol. The highest BCUT2D eigenvalue weighted by Crippen LogP contribution is 2.23. The summed E-state index contributed by atoms with van der Waals surface area (Å²) in [5, 5.41) is 10.7. The third kappa shape index (κ3) is 2.74. The van der Waals surface area contributed by atoms with Crippen LogP contribution in [0.3, 0.4) is 0 Å². The lowest BCUT2D eigenvalue weighted by Gasteiger charge is -2.40. The van der Waals surface area contributed by atoms with Gasteiger partial charge in [-0.1, -0.05) is 6.07 Å². The maximum atomic E-state index is 12.7. The molecule has 0 bridgehead atoms. The van der Waals surface area contributed by atoms with E-state index < -0.39 is 0 Å². The number of fused-ring (bicyclic) bond motifs is 1. The average Bonchev–Trinajstić information content (AvgIpc) is 3.00. The first kappa shape index (κ1) is 15.1. The van der Waals surface area contributed by atoms with E-state index in [1.807, 2.05) is 49.5 Å². The summed E-state index contributed by atoms with van der Waals surface area (Å²) in [5.41, 5.74) is 1.68. The van der Waals surface area contributed by atoms with Gasteiger partial charge >= 0.3 is 0 Å². The number of likely N-dealkylation sites (tertiary alicyclic amines) is 1. The summed E-state index contributed by atoms with van der Waals surface area (Å²) >= 11 is 0. The first-order valence-electron chi connectivity index (χ1n) is 7.74. The second-order valence-electron chi connectivity index (χ2n) is 6.29. The summed E-state index contributed by atoms with van der Waals surface area (Å²) in [5.74, 6) is 0.161. The van der Waals surface area contributed by atoms with E-state index in [1.165, 1.54) is 0 Å². The van der Waals surface area contributed by atoms with Gasteiger partial charge in [-0.05, 0) is 44.1 Å². The molecule has 0 spiro atoms.